The molecule has 19 heavy (non-hydrogen) atoms. The van der Waals surface area contributed by atoms with Crippen LogP contribution >= 0.6 is 0 Å². The molecule has 0 saturated carbocycles. The number of anilines is 2. The Bertz CT molecular complexity index is 560. The lowest BCUT2D eigenvalue weighted by atomic mass is 10.2. The predicted molar refractivity (Wildman–Crippen MR) is 72.1 cm³/mol. The molecule has 1 aromatic heterocycles. The number of aromatic nitrogens is 2. The van der Waals surface area contributed by atoms with E-state index in [4.69, 9.17) is 4.52 Å². The van der Waals surface area contributed by atoms with E-state index >= 15 is 0 Å². The maximum absolute atomic E-state index is 11.8. The number of amides is 1. The van der Waals surface area contributed by atoms with Crippen molar-refractivity contribution in [2.75, 3.05) is 24.3 Å². The third kappa shape index (κ3) is 3.54. The first-order valence-corrected chi connectivity index (χ1v) is 5.91. The fourth-order valence-electron chi connectivity index (χ4n) is 1.60. The smallest absolute Gasteiger partial charge is 0.232 e. The summed E-state index contributed by atoms with van der Waals surface area (Å²) in [5, 5.41) is 6.47. The summed E-state index contributed by atoms with van der Waals surface area (Å²) in [5.41, 5.74) is 1.82. The van der Waals surface area contributed by atoms with Crippen molar-refractivity contribution in [2.45, 2.75) is 13.3 Å². The Hall–Kier alpha value is -2.37. The average molecular weight is 260 g/mol. The molecule has 0 saturated heterocycles. The molecule has 2 rings (SSSR count). The summed E-state index contributed by atoms with van der Waals surface area (Å²) in [6.07, 6.45) is 0.104. The SMILES string of the molecule is Cc1nc(CC(=O)Nc2ccc(N(C)C)cc2)no1. The molecule has 6 nitrogen and oxygen atoms in total. The second-order valence-corrected chi connectivity index (χ2v) is 4.40. The van der Waals surface area contributed by atoms with Crippen LogP contribution in [0.2, 0.25) is 0 Å². The van der Waals surface area contributed by atoms with Crippen molar-refractivity contribution < 1.29 is 9.32 Å². The van der Waals surface area contributed by atoms with E-state index in [1.165, 1.54) is 0 Å². The first-order valence-electron chi connectivity index (χ1n) is 5.91. The van der Waals surface area contributed by atoms with Crippen molar-refractivity contribution in [1.29, 1.82) is 0 Å². The fourth-order valence-corrected chi connectivity index (χ4v) is 1.60. The Balaban J connectivity index is 1.95. The van der Waals surface area contributed by atoms with E-state index < -0.39 is 0 Å². The lowest BCUT2D eigenvalue weighted by Gasteiger charge is -2.12. The third-order valence-corrected chi connectivity index (χ3v) is 2.56. The van der Waals surface area contributed by atoms with E-state index in [0.29, 0.717) is 11.7 Å². The number of carbonyl (C=O) groups excluding carboxylic acids is 1. The Labute approximate surface area is 111 Å². The number of aryl methyl sites for hydroxylation is 1. The number of rotatable bonds is 4. The van der Waals surface area contributed by atoms with Crippen molar-refractivity contribution in [3.05, 3.63) is 36.0 Å². The van der Waals surface area contributed by atoms with E-state index in [9.17, 15) is 4.79 Å². The summed E-state index contributed by atoms with van der Waals surface area (Å²) in [6, 6.07) is 7.59. The molecule has 2 aromatic rings. The molecular formula is C13H16N4O2. The number of hydrogen-bond acceptors (Lipinski definition) is 5. The van der Waals surface area contributed by atoms with Gasteiger partial charge < -0.3 is 14.7 Å². The van der Waals surface area contributed by atoms with Gasteiger partial charge in [0.2, 0.25) is 11.8 Å². The van der Waals surface area contributed by atoms with Gasteiger partial charge in [-0.05, 0) is 24.3 Å². The van der Waals surface area contributed by atoms with Crippen LogP contribution in [0.15, 0.2) is 28.8 Å². The molecule has 1 N–H and O–H groups in total. The zero-order valence-corrected chi connectivity index (χ0v) is 11.2. The van der Waals surface area contributed by atoms with E-state index in [2.05, 4.69) is 15.5 Å². The number of benzene rings is 1. The molecule has 0 fully saturated rings. The third-order valence-electron chi connectivity index (χ3n) is 2.56. The van der Waals surface area contributed by atoms with Crippen LogP contribution in [0, 0.1) is 6.92 Å². The molecule has 0 aliphatic heterocycles. The Kier molecular flexibility index (Phi) is 3.79. The standard InChI is InChI=1S/C13H16N4O2/c1-9-14-12(16-19-9)8-13(18)15-10-4-6-11(7-5-10)17(2)3/h4-7H,8H2,1-3H3,(H,15,18). The first-order chi connectivity index (χ1) is 9.04. The second kappa shape index (κ2) is 5.51. The quantitative estimate of drug-likeness (QED) is 0.904. The summed E-state index contributed by atoms with van der Waals surface area (Å²) < 4.78 is 4.81. The van der Waals surface area contributed by atoms with Gasteiger partial charge in [0.1, 0.15) is 0 Å². The van der Waals surface area contributed by atoms with Crippen molar-refractivity contribution >= 4 is 17.3 Å². The van der Waals surface area contributed by atoms with Gasteiger partial charge in [-0.2, -0.15) is 4.98 Å². The van der Waals surface area contributed by atoms with Crippen LogP contribution < -0.4 is 10.2 Å². The van der Waals surface area contributed by atoms with Gasteiger partial charge in [-0.1, -0.05) is 5.16 Å². The maximum Gasteiger partial charge on any atom is 0.232 e. The van der Waals surface area contributed by atoms with Crippen molar-refractivity contribution in [1.82, 2.24) is 10.1 Å². The summed E-state index contributed by atoms with van der Waals surface area (Å²) in [5.74, 6) is 0.677. The normalized spacial score (nSPS) is 10.3. The minimum atomic E-state index is -0.168. The summed E-state index contributed by atoms with van der Waals surface area (Å²) >= 11 is 0. The minimum absolute atomic E-state index is 0.104. The number of nitrogens with zero attached hydrogens (tertiary/aromatic N) is 3. The molecule has 0 aliphatic carbocycles. The van der Waals surface area contributed by atoms with Crippen molar-refractivity contribution in [2.24, 2.45) is 0 Å². The van der Waals surface area contributed by atoms with Crippen LogP contribution in [0.3, 0.4) is 0 Å². The fraction of sp³-hybridized carbons (Fsp3) is 0.308. The molecule has 0 unspecified atom stereocenters. The van der Waals surface area contributed by atoms with E-state index in [-0.39, 0.29) is 12.3 Å². The van der Waals surface area contributed by atoms with Crippen LogP contribution in [0.25, 0.3) is 0 Å². The molecule has 1 aromatic carbocycles. The van der Waals surface area contributed by atoms with Crippen LogP contribution in [-0.4, -0.2) is 30.1 Å². The van der Waals surface area contributed by atoms with Crippen LogP contribution in [0.4, 0.5) is 11.4 Å². The van der Waals surface area contributed by atoms with Gasteiger partial charge in [0, 0.05) is 32.4 Å². The molecule has 100 valence electrons. The molecule has 0 radical (unpaired) electrons. The lowest BCUT2D eigenvalue weighted by Crippen LogP contribution is -2.15. The Morgan fingerprint density at radius 2 is 2.00 bits per heavy atom. The number of carbonyl (C=O) groups is 1. The molecular weight excluding hydrogens is 244 g/mol. The van der Waals surface area contributed by atoms with E-state index in [0.717, 1.165) is 11.4 Å². The molecule has 0 aliphatic rings. The topological polar surface area (TPSA) is 71.3 Å². The zero-order chi connectivity index (χ0) is 13.8. The summed E-state index contributed by atoms with van der Waals surface area (Å²) in [4.78, 5) is 17.7. The largest absolute Gasteiger partial charge is 0.378 e. The second-order valence-electron chi connectivity index (χ2n) is 4.40. The zero-order valence-electron chi connectivity index (χ0n) is 11.2. The van der Waals surface area contributed by atoms with Crippen molar-refractivity contribution in [3.8, 4) is 0 Å². The highest BCUT2D eigenvalue weighted by molar-refractivity contribution is 5.91. The Morgan fingerprint density at radius 3 is 2.53 bits per heavy atom. The number of hydrogen-bond donors (Lipinski definition) is 1. The number of nitrogens with one attached hydrogen (secondary N) is 1. The summed E-state index contributed by atoms with van der Waals surface area (Å²) in [6.45, 7) is 1.69. The van der Waals surface area contributed by atoms with Crippen LogP contribution in [-0.2, 0) is 11.2 Å². The van der Waals surface area contributed by atoms with Gasteiger partial charge in [-0.3, -0.25) is 4.79 Å². The van der Waals surface area contributed by atoms with Gasteiger partial charge in [0.25, 0.3) is 0 Å². The summed E-state index contributed by atoms with van der Waals surface area (Å²) in [7, 11) is 3.93. The molecule has 1 heterocycles. The molecule has 0 atom stereocenters. The first kappa shape index (κ1) is 13.1. The monoisotopic (exact) mass is 260 g/mol. The average Bonchev–Trinajstić information content (AvgIpc) is 2.75. The molecule has 6 heteroatoms. The molecule has 0 bridgehead atoms. The minimum Gasteiger partial charge on any atom is -0.378 e. The van der Waals surface area contributed by atoms with Gasteiger partial charge in [-0.25, -0.2) is 0 Å². The van der Waals surface area contributed by atoms with Crippen LogP contribution in [0.1, 0.15) is 11.7 Å². The molecule has 0 spiro atoms. The van der Waals surface area contributed by atoms with Crippen LogP contribution in [0.5, 0.6) is 0 Å². The van der Waals surface area contributed by atoms with Gasteiger partial charge in [0.15, 0.2) is 5.82 Å². The van der Waals surface area contributed by atoms with Gasteiger partial charge >= 0.3 is 0 Å². The predicted octanol–water partition coefficient (Wildman–Crippen LogP) is 1.63. The van der Waals surface area contributed by atoms with Gasteiger partial charge in [-0.15, -0.1) is 0 Å². The van der Waals surface area contributed by atoms with Gasteiger partial charge in [0.05, 0.1) is 6.42 Å². The maximum atomic E-state index is 11.8. The van der Waals surface area contributed by atoms with Crippen molar-refractivity contribution in [3.63, 3.8) is 0 Å². The van der Waals surface area contributed by atoms with E-state index in [1.54, 1.807) is 6.92 Å². The highest BCUT2D eigenvalue weighted by Crippen LogP contribution is 2.15. The molecule has 1 amide bonds. The Morgan fingerprint density at radius 1 is 1.32 bits per heavy atom. The lowest BCUT2D eigenvalue weighted by molar-refractivity contribution is -0.115. The highest BCUT2D eigenvalue weighted by atomic mass is 16.5. The van der Waals surface area contributed by atoms with E-state index in [1.807, 2.05) is 43.3 Å². The highest BCUT2D eigenvalue weighted by Gasteiger charge is 2.09.